The maximum Gasteiger partial charge on any atom is 0.165 e. The maximum absolute atomic E-state index is 13.5. The van der Waals surface area contributed by atoms with E-state index in [0.717, 1.165) is 6.42 Å². The first-order valence-electron chi connectivity index (χ1n) is 5.75. The minimum Gasteiger partial charge on any atom is -0.494 e. The Balaban J connectivity index is 2.14. The standard InChI is InChI=1S/C13H17FO3/c1-8-5-10(7-17-8)13(15)9-3-4-12(16-2)11(14)6-9/h3-4,6,8,10,13,15H,5,7H2,1-2H3. The Bertz CT molecular complexity index is 394. The lowest BCUT2D eigenvalue weighted by atomic mass is 9.93. The molecule has 4 heteroatoms. The van der Waals surface area contributed by atoms with E-state index in [1.807, 2.05) is 6.92 Å². The summed E-state index contributed by atoms with van der Waals surface area (Å²) < 4.78 is 23.8. The number of hydrogen-bond acceptors (Lipinski definition) is 3. The molecule has 3 unspecified atom stereocenters. The normalized spacial score (nSPS) is 25.9. The van der Waals surface area contributed by atoms with Gasteiger partial charge >= 0.3 is 0 Å². The van der Waals surface area contributed by atoms with Crippen molar-refractivity contribution in [3.05, 3.63) is 29.6 Å². The average Bonchev–Trinajstić information content (AvgIpc) is 2.75. The van der Waals surface area contributed by atoms with Crippen molar-refractivity contribution in [2.75, 3.05) is 13.7 Å². The van der Waals surface area contributed by atoms with E-state index in [1.165, 1.54) is 19.2 Å². The van der Waals surface area contributed by atoms with E-state index in [-0.39, 0.29) is 17.8 Å². The Morgan fingerprint density at radius 2 is 2.29 bits per heavy atom. The molecule has 3 atom stereocenters. The van der Waals surface area contributed by atoms with Crippen LogP contribution in [0.4, 0.5) is 4.39 Å². The van der Waals surface area contributed by atoms with Crippen LogP contribution >= 0.6 is 0 Å². The average molecular weight is 240 g/mol. The third kappa shape index (κ3) is 2.58. The van der Waals surface area contributed by atoms with Crippen molar-refractivity contribution in [1.82, 2.24) is 0 Å². The fourth-order valence-electron chi connectivity index (χ4n) is 2.21. The van der Waals surface area contributed by atoms with Crippen molar-refractivity contribution in [2.24, 2.45) is 5.92 Å². The van der Waals surface area contributed by atoms with Gasteiger partial charge in [0.25, 0.3) is 0 Å². The van der Waals surface area contributed by atoms with Crippen molar-refractivity contribution < 1.29 is 19.0 Å². The third-order valence-corrected chi connectivity index (χ3v) is 3.19. The third-order valence-electron chi connectivity index (χ3n) is 3.19. The second kappa shape index (κ2) is 5.02. The number of aliphatic hydroxyl groups excluding tert-OH is 1. The molecular formula is C13H17FO3. The molecule has 1 heterocycles. The monoisotopic (exact) mass is 240 g/mol. The first-order chi connectivity index (χ1) is 8.11. The molecule has 0 spiro atoms. The van der Waals surface area contributed by atoms with Gasteiger partial charge in [0, 0.05) is 5.92 Å². The summed E-state index contributed by atoms with van der Waals surface area (Å²) in [5, 5.41) is 10.1. The SMILES string of the molecule is COc1ccc(C(O)C2COC(C)C2)cc1F. The smallest absolute Gasteiger partial charge is 0.165 e. The zero-order chi connectivity index (χ0) is 12.4. The van der Waals surface area contributed by atoms with E-state index in [4.69, 9.17) is 9.47 Å². The zero-order valence-electron chi connectivity index (χ0n) is 10.0. The largest absolute Gasteiger partial charge is 0.494 e. The van der Waals surface area contributed by atoms with Crippen LogP contribution in [-0.2, 0) is 4.74 Å². The Morgan fingerprint density at radius 3 is 2.82 bits per heavy atom. The lowest BCUT2D eigenvalue weighted by Crippen LogP contribution is -2.13. The minimum atomic E-state index is -0.680. The second-order valence-corrected chi connectivity index (χ2v) is 4.48. The van der Waals surface area contributed by atoms with Gasteiger partial charge in [0.1, 0.15) is 0 Å². The van der Waals surface area contributed by atoms with E-state index in [0.29, 0.717) is 12.2 Å². The van der Waals surface area contributed by atoms with Crippen molar-refractivity contribution in [2.45, 2.75) is 25.6 Å². The van der Waals surface area contributed by atoms with Crippen LogP contribution in [0.1, 0.15) is 25.0 Å². The Labute approximate surface area is 100 Å². The van der Waals surface area contributed by atoms with Crippen LogP contribution in [0.15, 0.2) is 18.2 Å². The number of hydrogen-bond donors (Lipinski definition) is 1. The van der Waals surface area contributed by atoms with Gasteiger partial charge in [0.15, 0.2) is 11.6 Å². The van der Waals surface area contributed by atoms with E-state index in [1.54, 1.807) is 6.07 Å². The first kappa shape index (κ1) is 12.3. The molecule has 1 aliphatic heterocycles. The highest BCUT2D eigenvalue weighted by Crippen LogP contribution is 2.32. The van der Waals surface area contributed by atoms with Crippen molar-refractivity contribution in [3.63, 3.8) is 0 Å². The van der Waals surface area contributed by atoms with Crippen LogP contribution in [0.2, 0.25) is 0 Å². The van der Waals surface area contributed by atoms with Crippen LogP contribution in [0, 0.1) is 11.7 Å². The molecule has 1 aliphatic rings. The van der Waals surface area contributed by atoms with Crippen LogP contribution in [-0.4, -0.2) is 24.9 Å². The molecule has 17 heavy (non-hydrogen) atoms. The van der Waals surface area contributed by atoms with Crippen LogP contribution in [0.3, 0.4) is 0 Å². The zero-order valence-corrected chi connectivity index (χ0v) is 10.0. The molecule has 0 bridgehead atoms. The second-order valence-electron chi connectivity index (χ2n) is 4.48. The predicted molar refractivity (Wildman–Crippen MR) is 61.4 cm³/mol. The van der Waals surface area contributed by atoms with Crippen LogP contribution < -0.4 is 4.74 Å². The molecule has 0 radical (unpaired) electrons. The van der Waals surface area contributed by atoms with Gasteiger partial charge in [-0.3, -0.25) is 0 Å². The van der Waals surface area contributed by atoms with Gasteiger partial charge in [-0.15, -0.1) is 0 Å². The lowest BCUT2D eigenvalue weighted by molar-refractivity contribution is 0.0802. The first-order valence-corrected chi connectivity index (χ1v) is 5.75. The van der Waals surface area contributed by atoms with Crippen LogP contribution in [0.5, 0.6) is 5.75 Å². The van der Waals surface area contributed by atoms with Gasteiger partial charge in [-0.25, -0.2) is 4.39 Å². The highest BCUT2D eigenvalue weighted by atomic mass is 19.1. The topological polar surface area (TPSA) is 38.7 Å². The van der Waals surface area contributed by atoms with E-state index >= 15 is 0 Å². The lowest BCUT2D eigenvalue weighted by Gasteiger charge is -2.17. The Kier molecular flexibility index (Phi) is 3.64. The molecule has 1 N–H and O–H groups in total. The highest BCUT2D eigenvalue weighted by molar-refractivity contribution is 5.30. The molecule has 1 aromatic rings. The number of ether oxygens (including phenoxy) is 2. The molecule has 0 saturated carbocycles. The highest BCUT2D eigenvalue weighted by Gasteiger charge is 2.29. The summed E-state index contributed by atoms with van der Waals surface area (Å²) in [7, 11) is 1.42. The quantitative estimate of drug-likeness (QED) is 0.881. The Hall–Kier alpha value is -1.13. The molecule has 94 valence electrons. The molecule has 0 aromatic heterocycles. The molecule has 1 fully saturated rings. The molecule has 1 saturated heterocycles. The van der Waals surface area contributed by atoms with E-state index < -0.39 is 11.9 Å². The number of methoxy groups -OCH3 is 1. The fraction of sp³-hybridized carbons (Fsp3) is 0.538. The summed E-state index contributed by atoms with van der Waals surface area (Å²) in [5.41, 5.74) is 0.575. The molecule has 3 nitrogen and oxygen atoms in total. The molecule has 1 aromatic carbocycles. The van der Waals surface area contributed by atoms with Crippen molar-refractivity contribution >= 4 is 0 Å². The van der Waals surface area contributed by atoms with Gasteiger partial charge in [-0.1, -0.05) is 6.07 Å². The fourth-order valence-corrected chi connectivity index (χ4v) is 2.21. The number of rotatable bonds is 3. The maximum atomic E-state index is 13.5. The molecular weight excluding hydrogens is 223 g/mol. The Morgan fingerprint density at radius 1 is 1.53 bits per heavy atom. The van der Waals surface area contributed by atoms with Gasteiger partial charge in [0.05, 0.1) is 25.9 Å². The number of halogens is 1. The van der Waals surface area contributed by atoms with Gasteiger partial charge < -0.3 is 14.6 Å². The summed E-state index contributed by atoms with van der Waals surface area (Å²) >= 11 is 0. The minimum absolute atomic E-state index is 0.0396. The van der Waals surface area contributed by atoms with E-state index in [9.17, 15) is 9.50 Å². The summed E-state index contributed by atoms with van der Waals surface area (Å²) in [6.07, 6.45) is 0.285. The van der Waals surface area contributed by atoms with Gasteiger partial charge in [-0.2, -0.15) is 0 Å². The summed E-state index contributed by atoms with van der Waals surface area (Å²) in [6, 6.07) is 4.55. The number of benzene rings is 1. The number of aliphatic hydroxyl groups is 1. The van der Waals surface area contributed by atoms with Gasteiger partial charge in [0.2, 0.25) is 0 Å². The summed E-state index contributed by atoms with van der Waals surface area (Å²) in [6.45, 7) is 2.50. The molecule has 0 aliphatic carbocycles. The summed E-state index contributed by atoms with van der Waals surface area (Å²) in [5.74, 6) is -0.217. The van der Waals surface area contributed by atoms with Crippen LogP contribution in [0.25, 0.3) is 0 Å². The van der Waals surface area contributed by atoms with Crippen molar-refractivity contribution in [1.29, 1.82) is 0 Å². The molecule has 2 rings (SSSR count). The molecule has 0 amide bonds. The van der Waals surface area contributed by atoms with E-state index in [2.05, 4.69) is 0 Å². The summed E-state index contributed by atoms with van der Waals surface area (Å²) in [4.78, 5) is 0. The van der Waals surface area contributed by atoms with Crippen molar-refractivity contribution in [3.8, 4) is 5.75 Å². The predicted octanol–water partition coefficient (Wildman–Crippen LogP) is 2.29. The van der Waals surface area contributed by atoms with Gasteiger partial charge in [-0.05, 0) is 31.0 Å².